The molecule has 0 amide bonds. The minimum absolute atomic E-state index is 0.221. The molecule has 1 aromatic carbocycles. The molecule has 1 heterocycles. The van der Waals surface area contributed by atoms with Crippen molar-refractivity contribution >= 4 is 0 Å². The monoisotopic (exact) mass is 349 g/mol. The Balaban J connectivity index is 1.89. The van der Waals surface area contributed by atoms with Gasteiger partial charge in [-0.15, -0.1) is 0 Å². The first-order valence-electron chi connectivity index (χ1n) is 10.4. The summed E-state index contributed by atoms with van der Waals surface area (Å²) in [5.41, 5.74) is 7.05. The molecule has 1 nitrogen and oxygen atoms in total. The van der Waals surface area contributed by atoms with Crippen LogP contribution in [0.5, 0.6) is 0 Å². The molecule has 2 fully saturated rings. The lowest BCUT2D eigenvalue weighted by Crippen LogP contribution is -2.36. The average Bonchev–Trinajstić information content (AvgIpc) is 2.99. The van der Waals surface area contributed by atoms with Gasteiger partial charge in [0.25, 0.3) is 0 Å². The number of likely N-dealkylation sites (tertiary alicyclic amines) is 1. The SMILES string of the molecule is C=C(C)C1(c2cc(CC)c(C#CC(C)N3CCC(C)C3)cc2C)CCC1. The van der Waals surface area contributed by atoms with Crippen molar-refractivity contribution in [2.75, 3.05) is 13.1 Å². The predicted octanol–water partition coefficient (Wildman–Crippen LogP) is 5.64. The van der Waals surface area contributed by atoms with Crippen LogP contribution in [0.15, 0.2) is 24.3 Å². The maximum Gasteiger partial charge on any atom is 0.0689 e. The summed E-state index contributed by atoms with van der Waals surface area (Å²) in [5, 5.41) is 0. The standard InChI is InChI=1S/C25H35N/c1-7-22-16-24(25(18(2)3)12-8-13-25)20(5)15-23(22)10-9-21(6)26-14-11-19(4)17-26/h15-16,19,21H,2,7-8,11-14,17H2,1,3-6H3. The zero-order chi connectivity index (χ0) is 18.9. The number of allylic oxidation sites excluding steroid dienone is 1. The number of benzene rings is 1. The van der Waals surface area contributed by atoms with Crippen LogP contribution in [-0.2, 0) is 11.8 Å². The third-order valence-corrected chi connectivity index (χ3v) is 6.79. The van der Waals surface area contributed by atoms with Gasteiger partial charge in [-0.1, -0.05) is 50.3 Å². The van der Waals surface area contributed by atoms with E-state index in [-0.39, 0.29) is 5.41 Å². The Morgan fingerprint density at radius 3 is 2.62 bits per heavy atom. The fourth-order valence-electron chi connectivity index (χ4n) is 4.73. The molecular weight excluding hydrogens is 314 g/mol. The van der Waals surface area contributed by atoms with Gasteiger partial charge >= 0.3 is 0 Å². The molecule has 2 aliphatic rings. The Kier molecular flexibility index (Phi) is 5.64. The summed E-state index contributed by atoms with van der Waals surface area (Å²) in [7, 11) is 0. The number of aryl methyl sites for hydroxylation is 2. The van der Waals surface area contributed by atoms with Crippen LogP contribution in [0.25, 0.3) is 0 Å². The van der Waals surface area contributed by atoms with E-state index in [4.69, 9.17) is 0 Å². The van der Waals surface area contributed by atoms with Gasteiger partial charge in [-0.3, -0.25) is 4.90 Å². The molecule has 140 valence electrons. The Morgan fingerprint density at radius 1 is 1.38 bits per heavy atom. The molecule has 2 unspecified atom stereocenters. The lowest BCUT2D eigenvalue weighted by molar-refractivity contribution is 0.294. The first-order chi connectivity index (χ1) is 12.4. The van der Waals surface area contributed by atoms with E-state index in [9.17, 15) is 0 Å². The van der Waals surface area contributed by atoms with Crippen LogP contribution >= 0.6 is 0 Å². The normalized spacial score (nSPS) is 23.0. The molecule has 0 bridgehead atoms. The van der Waals surface area contributed by atoms with Gasteiger partial charge in [-0.2, -0.15) is 0 Å². The fourth-order valence-corrected chi connectivity index (χ4v) is 4.73. The summed E-state index contributed by atoms with van der Waals surface area (Å²) in [4.78, 5) is 2.52. The summed E-state index contributed by atoms with van der Waals surface area (Å²) >= 11 is 0. The van der Waals surface area contributed by atoms with Crippen molar-refractivity contribution in [2.24, 2.45) is 5.92 Å². The van der Waals surface area contributed by atoms with Gasteiger partial charge in [-0.25, -0.2) is 0 Å². The Bertz CT molecular complexity index is 741. The van der Waals surface area contributed by atoms with E-state index < -0.39 is 0 Å². The molecule has 1 saturated heterocycles. The van der Waals surface area contributed by atoms with Crippen molar-refractivity contribution in [3.05, 3.63) is 46.5 Å². The topological polar surface area (TPSA) is 3.24 Å². The van der Waals surface area contributed by atoms with Gasteiger partial charge in [0.15, 0.2) is 0 Å². The molecule has 1 aliphatic heterocycles. The molecule has 2 atom stereocenters. The minimum Gasteiger partial charge on any atom is -0.290 e. The molecule has 1 saturated carbocycles. The summed E-state index contributed by atoms with van der Waals surface area (Å²) < 4.78 is 0. The molecule has 1 aliphatic carbocycles. The second-order valence-electron chi connectivity index (χ2n) is 8.73. The number of rotatable bonds is 4. The van der Waals surface area contributed by atoms with Crippen molar-refractivity contribution in [3.63, 3.8) is 0 Å². The highest BCUT2D eigenvalue weighted by molar-refractivity contribution is 5.52. The highest BCUT2D eigenvalue weighted by Gasteiger charge is 2.40. The molecule has 26 heavy (non-hydrogen) atoms. The van der Waals surface area contributed by atoms with Crippen molar-refractivity contribution in [1.82, 2.24) is 4.90 Å². The van der Waals surface area contributed by atoms with Gasteiger partial charge in [0.05, 0.1) is 6.04 Å². The van der Waals surface area contributed by atoms with Crippen LogP contribution in [0.4, 0.5) is 0 Å². The smallest absolute Gasteiger partial charge is 0.0689 e. The largest absolute Gasteiger partial charge is 0.290 e. The lowest BCUT2D eigenvalue weighted by atomic mass is 9.59. The van der Waals surface area contributed by atoms with E-state index in [0.717, 1.165) is 12.3 Å². The summed E-state index contributed by atoms with van der Waals surface area (Å²) in [6.07, 6.45) is 6.17. The Labute approximate surface area is 160 Å². The summed E-state index contributed by atoms with van der Waals surface area (Å²) in [5.74, 6) is 7.87. The van der Waals surface area contributed by atoms with Gasteiger partial charge < -0.3 is 0 Å². The quantitative estimate of drug-likeness (QED) is 0.502. The second kappa shape index (κ2) is 7.61. The van der Waals surface area contributed by atoms with Gasteiger partial charge in [0.1, 0.15) is 0 Å². The van der Waals surface area contributed by atoms with E-state index in [1.165, 1.54) is 66.6 Å². The highest BCUT2D eigenvalue weighted by Crippen LogP contribution is 2.50. The van der Waals surface area contributed by atoms with Crippen LogP contribution in [0.3, 0.4) is 0 Å². The van der Waals surface area contributed by atoms with Crippen LogP contribution < -0.4 is 0 Å². The molecule has 0 N–H and O–H groups in total. The predicted molar refractivity (Wildman–Crippen MR) is 113 cm³/mol. The molecular formula is C25H35N. The number of hydrogen-bond acceptors (Lipinski definition) is 1. The maximum atomic E-state index is 4.32. The third-order valence-electron chi connectivity index (χ3n) is 6.79. The molecule has 3 rings (SSSR count). The molecule has 1 heteroatoms. The second-order valence-corrected chi connectivity index (χ2v) is 8.73. The van der Waals surface area contributed by atoms with Crippen LogP contribution in [0.2, 0.25) is 0 Å². The molecule has 1 aromatic rings. The van der Waals surface area contributed by atoms with E-state index in [0.29, 0.717) is 6.04 Å². The molecule has 0 spiro atoms. The molecule has 0 radical (unpaired) electrons. The van der Waals surface area contributed by atoms with Crippen molar-refractivity contribution < 1.29 is 0 Å². The zero-order valence-electron chi connectivity index (χ0n) is 17.4. The zero-order valence-corrected chi connectivity index (χ0v) is 17.4. The maximum absolute atomic E-state index is 4.32. The van der Waals surface area contributed by atoms with Crippen LogP contribution in [-0.4, -0.2) is 24.0 Å². The van der Waals surface area contributed by atoms with Crippen molar-refractivity contribution in [1.29, 1.82) is 0 Å². The average molecular weight is 350 g/mol. The van der Waals surface area contributed by atoms with E-state index in [2.05, 4.69) is 70.1 Å². The third kappa shape index (κ3) is 3.49. The van der Waals surface area contributed by atoms with E-state index in [1.54, 1.807) is 0 Å². The fraction of sp³-hybridized carbons (Fsp3) is 0.600. The van der Waals surface area contributed by atoms with Crippen LogP contribution in [0, 0.1) is 24.7 Å². The Hall–Kier alpha value is -1.52. The number of nitrogens with zero attached hydrogens (tertiary/aromatic N) is 1. The van der Waals surface area contributed by atoms with Gasteiger partial charge in [0.2, 0.25) is 0 Å². The minimum atomic E-state index is 0.221. The van der Waals surface area contributed by atoms with E-state index >= 15 is 0 Å². The molecule has 0 aromatic heterocycles. The lowest BCUT2D eigenvalue weighted by Gasteiger charge is -2.44. The van der Waals surface area contributed by atoms with Gasteiger partial charge in [0, 0.05) is 17.5 Å². The summed E-state index contributed by atoms with van der Waals surface area (Å²) in [6, 6.07) is 5.12. The van der Waals surface area contributed by atoms with E-state index in [1.807, 2.05) is 0 Å². The van der Waals surface area contributed by atoms with Crippen LogP contribution in [0.1, 0.15) is 75.6 Å². The number of hydrogen-bond donors (Lipinski definition) is 0. The van der Waals surface area contributed by atoms with Crippen molar-refractivity contribution in [2.45, 2.75) is 78.2 Å². The first kappa shape index (κ1) is 19.2. The summed E-state index contributed by atoms with van der Waals surface area (Å²) in [6.45, 7) is 18.0. The van der Waals surface area contributed by atoms with Crippen molar-refractivity contribution in [3.8, 4) is 11.8 Å². The van der Waals surface area contributed by atoms with Gasteiger partial charge in [-0.05, 0) is 81.7 Å². The highest BCUT2D eigenvalue weighted by atomic mass is 15.2. The Morgan fingerprint density at radius 2 is 2.12 bits per heavy atom. The first-order valence-corrected chi connectivity index (χ1v) is 10.4.